The highest BCUT2D eigenvalue weighted by Gasteiger charge is 2.18. The van der Waals surface area contributed by atoms with Gasteiger partial charge in [-0.05, 0) is 19.1 Å². The first-order chi connectivity index (χ1) is 7.82. The van der Waals surface area contributed by atoms with E-state index >= 15 is 0 Å². The van der Waals surface area contributed by atoms with Crippen molar-refractivity contribution in [2.24, 2.45) is 0 Å². The molecule has 0 fully saturated rings. The molecule has 0 radical (unpaired) electrons. The lowest BCUT2D eigenvalue weighted by molar-refractivity contribution is 0.0695. The van der Waals surface area contributed by atoms with Crippen LogP contribution in [0, 0.1) is 11.6 Å². The number of nitrogens with zero attached hydrogens (tertiary/aromatic N) is 1. The molecule has 6 heteroatoms. The number of halogens is 2. The lowest BCUT2D eigenvalue weighted by Gasteiger charge is -2.22. The molecule has 0 aromatic heterocycles. The van der Waals surface area contributed by atoms with Crippen LogP contribution in [-0.4, -0.2) is 35.9 Å². The Bertz CT molecular complexity index is 412. The largest absolute Gasteiger partial charge is 0.478 e. The zero-order valence-electron chi connectivity index (χ0n) is 9.44. The summed E-state index contributed by atoms with van der Waals surface area (Å²) in [6.45, 7) is 1.53. The first kappa shape index (κ1) is 13.4. The minimum atomic E-state index is -1.40. The Labute approximate surface area is 97.1 Å². The van der Waals surface area contributed by atoms with Gasteiger partial charge in [0.25, 0.3) is 0 Å². The van der Waals surface area contributed by atoms with Crippen molar-refractivity contribution in [1.29, 1.82) is 0 Å². The minimum absolute atomic E-state index is 0.0419. The molecule has 0 aliphatic heterocycles. The van der Waals surface area contributed by atoms with Crippen LogP contribution in [0.1, 0.15) is 17.3 Å². The van der Waals surface area contributed by atoms with Gasteiger partial charge < -0.3 is 15.1 Å². The molecule has 0 spiro atoms. The Hall–Kier alpha value is -1.69. The van der Waals surface area contributed by atoms with E-state index in [-0.39, 0.29) is 12.2 Å². The van der Waals surface area contributed by atoms with Gasteiger partial charge in [0.15, 0.2) is 0 Å². The van der Waals surface area contributed by atoms with E-state index in [9.17, 15) is 13.6 Å². The molecule has 0 aliphatic rings. The number of rotatable bonds is 4. The van der Waals surface area contributed by atoms with Crippen molar-refractivity contribution in [3.8, 4) is 0 Å². The molecule has 1 rings (SSSR count). The van der Waals surface area contributed by atoms with Gasteiger partial charge in [-0.15, -0.1) is 0 Å². The summed E-state index contributed by atoms with van der Waals surface area (Å²) >= 11 is 0. The third-order valence-electron chi connectivity index (χ3n) is 2.18. The number of aromatic carboxylic acids is 1. The number of hydrogen-bond donors (Lipinski definition) is 2. The number of aliphatic hydroxyl groups is 1. The summed E-state index contributed by atoms with van der Waals surface area (Å²) in [5.41, 5.74) is -0.801. The van der Waals surface area contributed by atoms with Crippen LogP contribution < -0.4 is 4.90 Å². The fourth-order valence-corrected chi connectivity index (χ4v) is 1.54. The summed E-state index contributed by atoms with van der Waals surface area (Å²) in [6.07, 6.45) is -0.752. The first-order valence-corrected chi connectivity index (χ1v) is 4.94. The molecule has 4 nitrogen and oxygen atoms in total. The quantitative estimate of drug-likeness (QED) is 0.843. The zero-order valence-corrected chi connectivity index (χ0v) is 9.44. The van der Waals surface area contributed by atoms with Gasteiger partial charge >= 0.3 is 5.97 Å². The van der Waals surface area contributed by atoms with Gasteiger partial charge in [0, 0.05) is 13.6 Å². The Morgan fingerprint density at radius 2 is 1.88 bits per heavy atom. The smallest absolute Gasteiger partial charge is 0.335 e. The summed E-state index contributed by atoms with van der Waals surface area (Å²) in [6, 6.07) is 1.50. The van der Waals surface area contributed by atoms with E-state index in [2.05, 4.69) is 0 Å². The molecular weight excluding hydrogens is 232 g/mol. The third kappa shape index (κ3) is 3.13. The lowest BCUT2D eigenvalue weighted by atomic mass is 10.1. The Morgan fingerprint density at radius 1 is 1.41 bits per heavy atom. The van der Waals surface area contributed by atoms with Crippen LogP contribution in [0.2, 0.25) is 0 Å². The zero-order chi connectivity index (χ0) is 13.2. The van der Waals surface area contributed by atoms with Crippen molar-refractivity contribution in [1.82, 2.24) is 0 Å². The van der Waals surface area contributed by atoms with Gasteiger partial charge in [-0.3, -0.25) is 0 Å². The summed E-state index contributed by atoms with van der Waals surface area (Å²) < 4.78 is 27.1. The van der Waals surface area contributed by atoms with Gasteiger partial charge in [0.1, 0.15) is 17.3 Å². The molecule has 2 N–H and O–H groups in total. The summed E-state index contributed by atoms with van der Waals surface area (Å²) in [5, 5.41) is 17.7. The molecule has 0 saturated heterocycles. The summed E-state index contributed by atoms with van der Waals surface area (Å²) in [5.74, 6) is -3.33. The van der Waals surface area contributed by atoms with Crippen LogP contribution in [0.4, 0.5) is 14.5 Å². The molecule has 1 aromatic carbocycles. The summed E-state index contributed by atoms with van der Waals surface area (Å²) in [7, 11) is 1.41. The molecule has 17 heavy (non-hydrogen) atoms. The van der Waals surface area contributed by atoms with E-state index in [0.29, 0.717) is 0 Å². The fraction of sp³-hybridized carbons (Fsp3) is 0.364. The number of anilines is 1. The molecule has 1 aromatic rings. The molecular formula is C11H13F2NO3. The van der Waals surface area contributed by atoms with Crippen molar-refractivity contribution in [3.05, 3.63) is 29.3 Å². The highest BCUT2D eigenvalue weighted by molar-refractivity contribution is 5.88. The molecule has 0 saturated carbocycles. The van der Waals surface area contributed by atoms with E-state index in [1.807, 2.05) is 0 Å². The predicted molar refractivity (Wildman–Crippen MR) is 58.3 cm³/mol. The fourth-order valence-electron chi connectivity index (χ4n) is 1.54. The van der Waals surface area contributed by atoms with Crippen molar-refractivity contribution < 1.29 is 23.8 Å². The monoisotopic (exact) mass is 245 g/mol. The number of aliphatic hydroxyl groups excluding tert-OH is 1. The van der Waals surface area contributed by atoms with Crippen LogP contribution in [-0.2, 0) is 0 Å². The molecule has 0 amide bonds. The first-order valence-electron chi connectivity index (χ1n) is 4.94. The molecule has 1 atom stereocenters. The van der Waals surface area contributed by atoms with Crippen LogP contribution in [0.3, 0.4) is 0 Å². The number of benzene rings is 1. The van der Waals surface area contributed by atoms with E-state index in [1.165, 1.54) is 18.9 Å². The maximum absolute atomic E-state index is 13.5. The SMILES string of the molecule is CC(O)CN(C)c1c(F)cc(C(=O)O)cc1F. The summed E-state index contributed by atoms with van der Waals surface area (Å²) in [4.78, 5) is 11.8. The molecule has 1 unspecified atom stereocenters. The predicted octanol–water partition coefficient (Wildman–Crippen LogP) is 1.48. The normalized spacial score (nSPS) is 12.3. The van der Waals surface area contributed by atoms with Crippen molar-refractivity contribution in [2.75, 3.05) is 18.5 Å². The third-order valence-corrected chi connectivity index (χ3v) is 2.18. The van der Waals surface area contributed by atoms with Gasteiger partial charge in [0.05, 0.1) is 11.7 Å². The highest BCUT2D eigenvalue weighted by atomic mass is 19.1. The van der Waals surface area contributed by atoms with E-state index in [1.54, 1.807) is 0 Å². The van der Waals surface area contributed by atoms with E-state index in [0.717, 1.165) is 12.1 Å². The average molecular weight is 245 g/mol. The van der Waals surface area contributed by atoms with Crippen molar-refractivity contribution >= 4 is 11.7 Å². The van der Waals surface area contributed by atoms with Crippen LogP contribution in [0.25, 0.3) is 0 Å². The number of hydrogen-bond acceptors (Lipinski definition) is 3. The van der Waals surface area contributed by atoms with Gasteiger partial charge in [-0.25, -0.2) is 13.6 Å². The number of carboxylic acid groups (broad SMARTS) is 1. The molecule has 0 heterocycles. The van der Waals surface area contributed by atoms with Crippen LogP contribution >= 0.6 is 0 Å². The second-order valence-electron chi connectivity index (χ2n) is 3.82. The Balaban J connectivity index is 3.13. The number of carbonyl (C=O) groups is 1. The maximum atomic E-state index is 13.5. The van der Waals surface area contributed by atoms with E-state index in [4.69, 9.17) is 10.2 Å². The second kappa shape index (κ2) is 5.09. The molecule has 94 valence electrons. The number of carboxylic acids is 1. The Morgan fingerprint density at radius 3 is 2.24 bits per heavy atom. The van der Waals surface area contributed by atoms with Gasteiger partial charge in [0.2, 0.25) is 0 Å². The Kier molecular flexibility index (Phi) is 4.01. The molecule has 0 bridgehead atoms. The van der Waals surface area contributed by atoms with E-state index < -0.39 is 29.3 Å². The highest BCUT2D eigenvalue weighted by Crippen LogP contribution is 2.24. The standard InChI is InChI=1S/C11H13F2NO3/c1-6(15)5-14(2)10-8(12)3-7(11(16)17)4-9(10)13/h3-4,6,15H,5H2,1-2H3,(H,16,17). The van der Waals surface area contributed by atoms with Crippen LogP contribution in [0.5, 0.6) is 0 Å². The molecule has 0 aliphatic carbocycles. The van der Waals surface area contributed by atoms with Crippen molar-refractivity contribution in [2.45, 2.75) is 13.0 Å². The lowest BCUT2D eigenvalue weighted by Crippen LogP contribution is -2.28. The van der Waals surface area contributed by atoms with Crippen LogP contribution in [0.15, 0.2) is 12.1 Å². The minimum Gasteiger partial charge on any atom is -0.478 e. The topological polar surface area (TPSA) is 60.8 Å². The van der Waals surface area contributed by atoms with Gasteiger partial charge in [-0.2, -0.15) is 0 Å². The maximum Gasteiger partial charge on any atom is 0.335 e. The van der Waals surface area contributed by atoms with Gasteiger partial charge in [-0.1, -0.05) is 0 Å². The second-order valence-corrected chi connectivity index (χ2v) is 3.82. The van der Waals surface area contributed by atoms with Crippen molar-refractivity contribution in [3.63, 3.8) is 0 Å². The average Bonchev–Trinajstić information content (AvgIpc) is 2.14. The number of likely N-dealkylation sites (N-methyl/N-ethyl adjacent to an activating group) is 1.